The highest BCUT2D eigenvalue weighted by molar-refractivity contribution is 4.99. The number of hydrogen-bond donors (Lipinski definition) is 1. The zero-order chi connectivity index (χ0) is 6.57. The summed E-state index contributed by atoms with van der Waals surface area (Å²) in [6.07, 6.45) is 2.22. The largest absolute Gasteiger partial charge is 0.302 e. The number of alkyl halides is 2. The molecule has 0 aromatic carbocycles. The second kappa shape index (κ2) is 3.39. The van der Waals surface area contributed by atoms with Crippen molar-refractivity contribution in [1.29, 1.82) is 0 Å². The molecule has 0 rings (SSSR count). The molecule has 3 heteroatoms. The van der Waals surface area contributed by atoms with Gasteiger partial charge in [-0.1, -0.05) is 5.92 Å². The molecule has 8 heavy (non-hydrogen) atoms. The maximum absolute atomic E-state index is 11.5. The van der Waals surface area contributed by atoms with Gasteiger partial charge in [-0.05, 0) is 7.05 Å². The first-order chi connectivity index (χ1) is 3.72. The Balaban J connectivity index is 3.57. The zero-order valence-electron chi connectivity index (χ0n) is 4.49. The lowest BCUT2D eigenvalue weighted by Gasteiger charge is -2.04. The monoisotopic (exact) mass is 119 g/mol. The number of nitrogens with one attached hydrogen (secondary N) is 1. The van der Waals surface area contributed by atoms with Crippen LogP contribution in [-0.2, 0) is 0 Å². The highest BCUT2D eigenvalue weighted by Gasteiger charge is 2.13. The summed E-state index contributed by atoms with van der Waals surface area (Å²) in [6.45, 7) is 0. The molecule has 1 atom stereocenters. The van der Waals surface area contributed by atoms with Gasteiger partial charge in [-0.2, -0.15) is 0 Å². The minimum Gasteiger partial charge on any atom is -0.302 e. The van der Waals surface area contributed by atoms with E-state index in [0.717, 1.165) is 0 Å². The highest BCUT2D eigenvalue weighted by atomic mass is 19.3. The van der Waals surface area contributed by atoms with E-state index < -0.39 is 12.5 Å². The van der Waals surface area contributed by atoms with Crippen LogP contribution in [-0.4, -0.2) is 19.5 Å². The Bertz CT molecular complexity index is 95.1. The van der Waals surface area contributed by atoms with E-state index in [1.54, 1.807) is 0 Å². The summed E-state index contributed by atoms with van der Waals surface area (Å²) in [5.74, 6) is 1.89. The standard InChI is InChI=1S/C5H7F2N/c1-3-4(8-2)5(6)7/h1,4-5,8H,2H3. The Morgan fingerprint density at radius 1 is 1.62 bits per heavy atom. The van der Waals surface area contributed by atoms with Crippen LogP contribution in [0.15, 0.2) is 0 Å². The Kier molecular flexibility index (Phi) is 3.13. The lowest BCUT2D eigenvalue weighted by Crippen LogP contribution is -2.30. The summed E-state index contributed by atoms with van der Waals surface area (Å²) >= 11 is 0. The normalized spacial score (nSPS) is 13.4. The van der Waals surface area contributed by atoms with Crippen LogP contribution in [0, 0.1) is 12.3 Å². The van der Waals surface area contributed by atoms with Gasteiger partial charge in [0.1, 0.15) is 6.04 Å². The number of terminal acetylenes is 1. The zero-order valence-corrected chi connectivity index (χ0v) is 4.49. The van der Waals surface area contributed by atoms with Gasteiger partial charge in [0.05, 0.1) is 0 Å². The average Bonchev–Trinajstić information content (AvgIpc) is 1.69. The lowest BCUT2D eigenvalue weighted by atomic mass is 10.3. The third-order valence-electron chi connectivity index (χ3n) is 0.743. The second-order valence-electron chi connectivity index (χ2n) is 1.27. The molecular weight excluding hydrogens is 112 g/mol. The van der Waals surface area contributed by atoms with Crippen LogP contribution in [0.25, 0.3) is 0 Å². The van der Waals surface area contributed by atoms with E-state index in [9.17, 15) is 8.78 Å². The second-order valence-corrected chi connectivity index (χ2v) is 1.27. The van der Waals surface area contributed by atoms with Crippen LogP contribution in [0.3, 0.4) is 0 Å². The predicted molar refractivity (Wildman–Crippen MR) is 27.7 cm³/mol. The molecule has 0 aromatic heterocycles. The maximum Gasteiger partial charge on any atom is 0.264 e. The van der Waals surface area contributed by atoms with Crippen molar-refractivity contribution < 1.29 is 8.78 Å². The van der Waals surface area contributed by atoms with Gasteiger partial charge in [0.25, 0.3) is 6.43 Å². The Hall–Kier alpha value is -0.620. The molecule has 0 amide bonds. The fraction of sp³-hybridized carbons (Fsp3) is 0.600. The molecular formula is C5H7F2N. The maximum atomic E-state index is 11.5. The average molecular weight is 119 g/mol. The van der Waals surface area contributed by atoms with Gasteiger partial charge in [0, 0.05) is 0 Å². The van der Waals surface area contributed by atoms with Crippen LogP contribution in [0.2, 0.25) is 0 Å². The van der Waals surface area contributed by atoms with Crippen molar-refractivity contribution >= 4 is 0 Å². The summed E-state index contributed by atoms with van der Waals surface area (Å²) < 4.78 is 23.0. The van der Waals surface area contributed by atoms with Crippen LogP contribution in [0.4, 0.5) is 8.78 Å². The molecule has 0 aliphatic carbocycles. The number of rotatable bonds is 2. The third-order valence-corrected chi connectivity index (χ3v) is 0.743. The van der Waals surface area contributed by atoms with Crippen LogP contribution in [0.1, 0.15) is 0 Å². The van der Waals surface area contributed by atoms with E-state index in [1.165, 1.54) is 7.05 Å². The molecule has 0 fully saturated rings. The third kappa shape index (κ3) is 1.90. The van der Waals surface area contributed by atoms with Gasteiger partial charge >= 0.3 is 0 Å². The fourth-order valence-electron chi connectivity index (χ4n) is 0.282. The van der Waals surface area contributed by atoms with Crippen LogP contribution < -0.4 is 5.32 Å². The van der Waals surface area contributed by atoms with E-state index in [1.807, 2.05) is 5.92 Å². The topological polar surface area (TPSA) is 12.0 Å². The molecule has 0 aromatic rings. The number of halogens is 2. The van der Waals surface area contributed by atoms with E-state index in [0.29, 0.717) is 0 Å². The smallest absolute Gasteiger partial charge is 0.264 e. The Morgan fingerprint density at radius 3 is 2.12 bits per heavy atom. The van der Waals surface area contributed by atoms with Crippen LogP contribution in [0.5, 0.6) is 0 Å². The Morgan fingerprint density at radius 2 is 2.12 bits per heavy atom. The molecule has 1 unspecified atom stereocenters. The minimum absolute atomic E-state index is 1.10. The molecule has 0 saturated carbocycles. The molecule has 1 N–H and O–H groups in total. The van der Waals surface area contributed by atoms with Crippen molar-refractivity contribution in [3.05, 3.63) is 0 Å². The summed E-state index contributed by atoms with van der Waals surface area (Å²) in [6, 6.07) is -1.10. The molecule has 0 aliphatic rings. The van der Waals surface area contributed by atoms with Crippen molar-refractivity contribution in [2.24, 2.45) is 0 Å². The fourth-order valence-corrected chi connectivity index (χ4v) is 0.282. The summed E-state index contributed by atoms with van der Waals surface area (Å²) in [5.41, 5.74) is 0. The molecule has 46 valence electrons. The SMILES string of the molecule is C#CC(NC)C(F)F. The van der Waals surface area contributed by atoms with Gasteiger partial charge in [0.2, 0.25) is 0 Å². The highest BCUT2D eigenvalue weighted by Crippen LogP contribution is 1.96. The molecule has 0 bridgehead atoms. The van der Waals surface area contributed by atoms with Crippen molar-refractivity contribution in [3.63, 3.8) is 0 Å². The van der Waals surface area contributed by atoms with Gasteiger partial charge in [-0.15, -0.1) is 6.42 Å². The number of hydrogen-bond acceptors (Lipinski definition) is 1. The first kappa shape index (κ1) is 7.38. The molecule has 0 heterocycles. The van der Waals surface area contributed by atoms with E-state index in [4.69, 9.17) is 6.42 Å². The van der Waals surface area contributed by atoms with Gasteiger partial charge in [-0.25, -0.2) is 8.78 Å². The summed E-state index contributed by atoms with van der Waals surface area (Å²) in [7, 11) is 1.40. The van der Waals surface area contributed by atoms with Crippen molar-refractivity contribution in [2.75, 3.05) is 7.05 Å². The molecule has 0 saturated heterocycles. The molecule has 0 radical (unpaired) electrons. The van der Waals surface area contributed by atoms with Gasteiger partial charge in [-0.3, -0.25) is 0 Å². The van der Waals surface area contributed by atoms with Crippen molar-refractivity contribution in [3.8, 4) is 12.3 Å². The quantitative estimate of drug-likeness (QED) is 0.521. The predicted octanol–water partition coefficient (Wildman–Crippen LogP) is 0.473. The van der Waals surface area contributed by atoms with Crippen molar-refractivity contribution in [1.82, 2.24) is 5.32 Å². The van der Waals surface area contributed by atoms with Crippen LogP contribution >= 0.6 is 0 Å². The molecule has 0 spiro atoms. The lowest BCUT2D eigenvalue weighted by molar-refractivity contribution is 0.125. The van der Waals surface area contributed by atoms with E-state index in [2.05, 4.69) is 5.32 Å². The van der Waals surface area contributed by atoms with E-state index >= 15 is 0 Å². The van der Waals surface area contributed by atoms with Gasteiger partial charge < -0.3 is 5.32 Å². The first-order valence-corrected chi connectivity index (χ1v) is 2.14. The van der Waals surface area contributed by atoms with Crippen molar-refractivity contribution in [2.45, 2.75) is 12.5 Å². The Labute approximate surface area is 47.1 Å². The molecule has 1 nitrogen and oxygen atoms in total. The summed E-state index contributed by atoms with van der Waals surface area (Å²) in [5, 5.41) is 2.27. The van der Waals surface area contributed by atoms with Gasteiger partial charge in [0.15, 0.2) is 0 Å². The van der Waals surface area contributed by atoms with E-state index in [-0.39, 0.29) is 0 Å². The minimum atomic E-state index is -2.47. The molecule has 0 aliphatic heterocycles. The first-order valence-electron chi connectivity index (χ1n) is 2.14. The summed E-state index contributed by atoms with van der Waals surface area (Å²) in [4.78, 5) is 0.